The van der Waals surface area contributed by atoms with Gasteiger partial charge in [0.1, 0.15) is 17.9 Å². The summed E-state index contributed by atoms with van der Waals surface area (Å²) in [6, 6.07) is 27.9. The Bertz CT molecular complexity index is 1580. The van der Waals surface area contributed by atoms with Crippen LogP contribution in [0.2, 0.25) is 5.02 Å². The monoisotopic (exact) mass is 527 g/mol. The Kier molecular flexibility index (Phi) is 7.16. The second-order valence-electron chi connectivity index (χ2n) is 8.39. The van der Waals surface area contributed by atoms with Crippen molar-refractivity contribution < 1.29 is 13.9 Å². The first-order valence-electron chi connectivity index (χ1n) is 11.5. The summed E-state index contributed by atoms with van der Waals surface area (Å²) in [7, 11) is 0. The number of carbonyl (C=O) groups excluding carboxylic acids is 1. The van der Waals surface area contributed by atoms with E-state index in [-0.39, 0.29) is 11.0 Å². The highest BCUT2D eigenvalue weighted by atomic mass is 35.5. The van der Waals surface area contributed by atoms with Gasteiger partial charge in [-0.2, -0.15) is 0 Å². The van der Waals surface area contributed by atoms with E-state index in [0.717, 1.165) is 22.2 Å². The first-order chi connectivity index (χ1) is 17.9. The Hall–Kier alpha value is -4.20. The van der Waals surface area contributed by atoms with Gasteiger partial charge in [-0.15, -0.1) is 0 Å². The lowest BCUT2D eigenvalue weighted by Crippen LogP contribution is -2.34. The van der Waals surface area contributed by atoms with E-state index in [1.54, 1.807) is 36.4 Å². The fourth-order valence-corrected chi connectivity index (χ4v) is 4.05. The van der Waals surface area contributed by atoms with Crippen LogP contribution in [0.3, 0.4) is 0 Å². The molecule has 4 aromatic carbocycles. The molecule has 5 rings (SSSR count). The Labute approximate surface area is 224 Å². The molecule has 1 amide bonds. The van der Waals surface area contributed by atoms with E-state index in [9.17, 15) is 4.79 Å². The van der Waals surface area contributed by atoms with Gasteiger partial charge < -0.3 is 14.5 Å². The molecule has 0 unspecified atom stereocenters. The van der Waals surface area contributed by atoms with Crippen molar-refractivity contribution in [1.82, 2.24) is 10.3 Å². The maximum absolute atomic E-state index is 12.7. The van der Waals surface area contributed by atoms with Crippen LogP contribution in [0.15, 0.2) is 95.4 Å². The molecular weight excluding hydrogens is 506 g/mol. The fraction of sp³-hybridized carbons (Fsp3) is 0.0690. The van der Waals surface area contributed by atoms with Gasteiger partial charge in [-0.05, 0) is 84.9 Å². The van der Waals surface area contributed by atoms with Crippen molar-refractivity contribution in [3.8, 4) is 17.2 Å². The van der Waals surface area contributed by atoms with Gasteiger partial charge in [0.25, 0.3) is 5.91 Å². The molecule has 6 nitrogen and oxygen atoms in total. The van der Waals surface area contributed by atoms with Crippen LogP contribution in [0.1, 0.15) is 21.5 Å². The molecule has 2 N–H and O–H groups in total. The number of hydrogen-bond acceptors (Lipinski definition) is 5. The zero-order valence-electron chi connectivity index (χ0n) is 19.8. The van der Waals surface area contributed by atoms with Gasteiger partial charge in [0, 0.05) is 11.1 Å². The third-order valence-electron chi connectivity index (χ3n) is 5.60. The summed E-state index contributed by atoms with van der Waals surface area (Å²) < 4.78 is 11.7. The van der Waals surface area contributed by atoms with Crippen molar-refractivity contribution >= 4 is 51.6 Å². The van der Waals surface area contributed by atoms with Gasteiger partial charge in [0.15, 0.2) is 10.7 Å². The molecule has 0 saturated carbocycles. The number of rotatable bonds is 6. The Morgan fingerprint density at radius 2 is 1.78 bits per heavy atom. The van der Waals surface area contributed by atoms with E-state index in [4.69, 9.17) is 33.0 Å². The molecule has 0 radical (unpaired) electrons. The number of aromatic nitrogens is 1. The third kappa shape index (κ3) is 5.97. The number of aryl methyl sites for hydroxylation is 1. The number of thiocarbonyl (C=S) groups is 1. The van der Waals surface area contributed by atoms with E-state index in [2.05, 4.69) is 15.6 Å². The number of nitrogens with one attached hydrogen (secondary N) is 2. The lowest BCUT2D eigenvalue weighted by atomic mass is 10.2. The highest BCUT2D eigenvalue weighted by Crippen LogP contribution is 2.30. The van der Waals surface area contributed by atoms with Crippen molar-refractivity contribution in [2.24, 2.45) is 0 Å². The van der Waals surface area contributed by atoms with Crippen LogP contribution in [0.4, 0.5) is 5.69 Å². The molecule has 0 saturated heterocycles. The molecule has 37 heavy (non-hydrogen) atoms. The number of benzene rings is 4. The van der Waals surface area contributed by atoms with Crippen LogP contribution in [-0.2, 0) is 6.61 Å². The largest absolute Gasteiger partial charge is 0.489 e. The predicted molar refractivity (Wildman–Crippen MR) is 150 cm³/mol. The minimum absolute atomic E-state index is 0.113. The van der Waals surface area contributed by atoms with Crippen LogP contribution < -0.4 is 15.4 Å². The normalized spacial score (nSPS) is 10.8. The van der Waals surface area contributed by atoms with Crippen molar-refractivity contribution in [2.75, 3.05) is 5.32 Å². The first kappa shape index (κ1) is 24.5. The molecule has 0 aliphatic rings. The summed E-state index contributed by atoms with van der Waals surface area (Å²) in [5, 5.41) is 6.22. The number of amides is 1. The van der Waals surface area contributed by atoms with Crippen molar-refractivity contribution in [1.29, 1.82) is 0 Å². The van der Waals surface area contributed by atoms with Crippen molar-refractivity contribution in [2.45, 2.75) is 13.5 Å². The molecule has 0 aliphatic heterocycles. The average Bonchev–Trinajstić information content (AvgIpc) is 3.33. The Morgan fingerprint density at radius 1 is 1.00 bits per heavy atom. The molecule has 0 bridgehead atoms. The van der Waals surface area contributed by atoms with Crippen LogP contribution in [0.25, 0.3) is 22.6 Å². The number of halogens is 1. The van der Waals surface area contributed by atoms with Gasteiger partial charge in [0.05, 0.1) is 10.7 Å². The van der Waals surface area contributed by atoms with E-state index >= 15 is 0 Å². The van der Waals surface area contributed by atoms with E-state index in [0.29, 0.717) is 40.1 Å². The highest BCUT2D eigenvalue weighted by Gasteiger charge is 2.13. The molecule has 0 fully saturated rings. The van der Waals surface area contributed by atoms with E-state index < -0.39 is 0 Å². The molecule has 1 heterocycles. The van der Waals surface area contributed by atoms with Crippen LogP contribution in [0, 0.1) is 6.92 Å². The second kappa shape index (κ2) is 10.8. The SMILES string of the molecule is Cc1ccc2nc(-c3ccc(Cl)c(NC(=S)NC(=O)c4ccc(OCc5ccccc5)cc4)c3)oc2c1. The van der Waals surface area contributed by atoms with E-state index in [1.165, 1.54) is 0 Å². The zero-order chi connectivity index (χ0) is 25.8. The number of nitrogens with zero attached hydrogens (tertiary/aromatic N) is 1. The molecule has 5 aromatic rings. The summed E-state index contributed by atoms with van der Waals surface area (Å²) in [4.78, 5) is 17.2. The molecule has 184 valence electrons. The van der Waals surface area contributed by atoms with Crippen LogP contribution >= 0.6 is 23.8 Å². The summed E-state index contributed by atoms with van der Waals surface area (Å²) >= 11 is 11.7. The van der Waals surface area contributed by atoms with Gasteiger partial charge >= 0.3 is 0 Å². The fourth-order valence-electron chi connectivity index (χ4n) is 3.68. The summed E-state index contributed by atoms with van der Waals surface area (Å²) in [5.74, 6) is 0.776. The molecule has 0 spiro atoms. The van der Waals surface area contributed by atoms with Gasteiger partial charge in [-0.1, -0.05) is 48.0 Å². The molecule has 0 aliphatic carbocycles. The number of ether oxygens (including phenoxy) is 1. The lowest BCUT2D eigenvalue weighted by Gasteiger charge is -2.12. The van der Waals surface area contributed by atoms with Crippen molar-refractivity contribution in [3.05, 3.63) is 113 Å². The Morgan fingerprint density at radius 3 is 2.57 bits per heavy atom. The third-order valence-corrected chi connectivity index (χ3v) is 6.13. The number of fused-ring (bicyclic) bond motifs is 1. The summed E-state index contributed by atoms with van der Waals surface area (Å²) in [6.07, 6.45) is 0. The summed E-state index contributed by atoms with van der Waals surface area (Å²) in [6.45, 7) is 2.44. The van der Waals surface area contributed by atoms with Gasteiger partial charge in [0.2, 0.25) is 5.89 Å². The van der Waals surface area contributed by atoms with Crippen LogP contribution in [0.5, 0.6) is 5.75 Å². The maximum atomic E-state index is 12.7. The standard InChI is InChI=1S/C29H22ClN3O3S/c1-18-7-14-24-26(15-18)36-28(31-24)21-10-13-23(30)25(16-21)32-29(37)33-27(34)20-8-11-22(12-9-20)35-17-19-5-3-2-4-6-19/h2-16H,17H2,1H3,(H2,32,33,34,37). The van der Waals surface area contributed by atoms with Crippen LogP contribution in [-0.4, -0.2) is 16.0 Å². The van der Waals surface area contributed by atoms with E-state index in [1.807, 2.05) is 61.5 Å². The number of anilines is 1. The molecule has 0 atom stereocenters. The number of oxazole rings is 1. The smallest absolute Gasteiger partial charge is 0.257 e. The summed E-state index contributed by atoms with van der Waals surface area (Å²) in [5.41, 5.74) is 5.31. The quantitative estimate of drug-likeness (QED) is 0.228. The minimum Gasteiger partial charge on any atom is -0.489 e. The number of carbonyl (C=O) groups is 1. The molecule has 8 heteroatoms. The number of hydrogen-bond donors (Lipinski definition) is 2. The first-order valence-corrected chi connectivity index (χ1v) is 12.3. The highest BCUT2D eigenvalue weighted by molar-refractivity contribution is 7.80. The lowest BCUT2D eigenvalue weighted by molar-refractivity contribution is 0.0977. The molecule has 1 aromatic heterocycles. The van der Waals surface area contributed by atoms with Gasteiger partial charge in [-0.25, -0.2) is 4.98 Å². The second-order valence-corrected chi connectivity index (χ2v) is 9.21. The topological polar surface area (TPSA) is 76.4 Å². The van der Waals surface area contributed by atoms with Crippen molar-refractivity contribution in [3.63, 3.8) is 0 Å². The maximum Gasteiger partial charge on any atom is 0.257 e. The molecular formula is C29H22ClN3O3S. The minimum atomic E-state index is -0.353. The Balaban J connectivity index is 1.22. The zero-order valence-corrected chi connectivity index (χ0v) is 21.4. The average molecular weight is 528 g/mol. The predicted octanol–water partition coefficient (Wildman–Crippen LogP) is 7.16. The van der Waals surface area contributed by atoms with Gasteiger partial charge in [-0.3, -0.25) is 10.1 Å².